The van der Waals surface area contributed by atoms with Crippen molar-refractivity contribution in [3.63, 3.8) is 0 Å². The van der Waals surface area contributed by atoms with Gasteiger partial charge in [-0.05, 0) is 30.7 Å². The smallest absolute Gasteiger partial charge is 0.213 e. The highest BCUT2D eigenvalue weighted by molar-refractivity contribution is 5.79. The Morgan fingerprint density at radius 3 is 2.67 bits per heavy atom. The number of aromatic nitrogens is 1. The summed E-state index contributed by atoms with van der Waals surface area (Å²) in [7, 11) is 7.05. The van der Waals surface area contributed by atoms with Crippen LogP contribution in [0.25, 0.3) is 0 Å². The van der Waals surface area contributed by atoms with Gasteiger partial charge in [0.2, 0.25) is 5.88 Å². The Hall–Kier alpha value is -2.96. The first kappa shape index (κ1) is 20.4. The minimum Gasteiger partial charge on any atom is -0.497 e. The molecule has 0 fully saturated rings. The van der Waals surface area contributed by atoms with Crippen LogP contribution in [0.15, 0.2) is 41.5 Å². The standard InChI is InChI=1S/C20H28N4O3/c1-6-27-19-11-15(9-10-22-19)13-23-20(21-2)24(3)14-16-7-8-17(25-4)12-18(16)26-5/h7-12H,6,13-14H2,1-5H3,(H,21,23). The maximum Gasteiger partial charge on any atom is 0.213 e. The third-order valence-corrected chi connectivity index (χ3v) is 4.02. The molecule has 0 aliphatic heterocycles. The minimum atomic E-state index is 0.595. The first-order valence-electron chi connectivity index (χ1n) is 8.81. The van der Waals surface area contributed by atoms with Crippen molar-refractivity contribution in [3.05, 3.63) is 47.7 Å². The maximum absolute atomic E-state index is 5.48. The Bertz CT molecular complexity index is 765. The monoisotopic (exact) mass is 372 g/mol. The Kier molecular flexibility index (Phi) is 7.73. The number of nitrogens with zero attached hydrogens (tertiary/aromatic N) is 3. The normalized spacial score (nSPS) is 11.1. The van der Waals surface area contributed by atoms with Crippen molar-refractivity contribution in [2.24, 2.45) is 4.99 Å². The van der Waals surface area contributed by atoms with Crippen LogP contribution in [0.5, 0.6) is 17.4 Å². The molecule has 1 aromatic carbocycles. The van der Waals surface area contributed by atoms with Gasteiger partial charge >= 0.3 is 0 Å². The van der Waals surface area contributed by atoms with E-state index in [2.05, 4.69) is 15.3 Å². The fraction of sp³-hybridized carbons (Fsp3) is 0.400. The van der Waals surface area contributed by atoms with E-state index in [-0.39, 0.29) is 0 Å². The molecule has 7 heteroatoms. The van der Waals surface area contributed by atoms with Gasteiger partial charge in [0.25, 0.3) is 0 Å². The Labute approximate surface area is 161 Å². The second-order valence-corrected chi connectivity index (χ2v) is 5.87. The lowest BCUT2D eigenvalue weighted by molar-refractivity contribution is 0.326. The zero-order valence-corrected chi connectivity index (χ0v) is 16.7. The summed E-state index contributed by atoms with van der Waals surface area (Å²) < 4.78 is 16.2. The van der Waals surface area contributed by atoms with Crippen LogP contribution in [0.4, 0.5) is 0 Å². The van der Waals surface area contributed by atoms with E-state index in [1.165, 1.54) is 0 Å². The van der Waals surface area contributed by atoms with Gasteiger partial charge in [-0.2, -0.15) is 0 Å². The molecule has 1 heterocycles. The van der Waals surface area contributed by atoms with E-state index in [4.69, 9.17) is 14.2 Å². The molecule has 7 nitrogen and oxygen atoms in total. The van der Waals surface area contributed by atoms with Crippen LogP contribution in [-0.4, -0.2) is 50.8 Å². The largest absolute Gasteiger partial charge is 0.497 e. The Morgan fingerprint density at radius 2 is 2.00 bits per heavy atom. The van der Waals surface area contributed by atoms with Gasteiger partial charge in [-0.1, -0.05) is 0 Å². The lowest BCUT2D eigenvalue weighted by Crippen LogP contribution is -2.38. The lowest BCUT2D eigenvalue weighted by atomic mass is 10.2. The van der Waals surface area contributed by atoms with Crippen LogP contribution >= 0.6 is 0 Å². The number of pyridine rings is 1. The number of methoxy groups -OCH3 is 2. The van der Waals surface area contributed by atoms with Crippen molar-refractivity contribution in [2.75, 3.05) is 34.9 Å². The molecule has 0 aliphatic rings. The SMILES string of the molecule is CCOc1cc(CNC(=NC)N(C)Cc2ccc(OC)cc2OC)ccn1. The first-order chi connectivity index (χ1) is 13.1. The number of hydrogen-bond donors (Lipinski definition) is 1. The molecule has 0 unspecified atom stereocenters. The minimum absolute atomic E-state index is 0.595. The molecule has 146 valence electrons. The van der Waals surface area contributed by atoms with Crippen LogP contribution in [-0.2, 0) is 13.1 Å². The van der Waals surface area contributed by atoms with Crippen molar-refractivity contribution in [1.29, 1.82) is 0 Å². The third kappa shape index (κ3) is 5.77. The molecule has 0 atom stereocenters. The van der Waals surface area contributed by atoms with Crippen LogP contribution in [0.1, 0.15) is 18.1 Å². The highest BCUT2D eigenvalue weighted by Gasteiger charge is 2.11. The summed E-state index contributed by atoms with van der Waals surface area (Å²) >= 11 is 0. The molecule has 0 aliphatic carbocycles. The second kappa shape index (κ2) is 10.3. The van der Waals surface area contributed by atoms with Crippen LogP contribution in [0.2, 0.25) is 0 Å². The molecule has 0 amide bonds. The van der Waals surface area contributed by atoms with Crippen molar-refractivity contribution in [3.8, 4) is 17.4 Å². The van der Waals surface area contributed by atoms with Gasteiger partial charge < -0.3 is 24.4 Å². The molecule has 2 rings (SSSR count). The van der Waals surface area contributed by atoms with Gasteiger partial charge in [-0.25, -0.2) is 4.98 Å². The number of rotatable bonds is 8. The van der Waals surface area contributed by atoms with E-state index < -0.39 is 0 Å². The number of nitrogens with one attached hydrogen (secondary N) is 1. The fourth-order valence-corrected chi connectivity index (χ4v) is 2.67. The zero-order chi connectivity index (χ0) is 19.6. The van der Waals surface area contributed by atoms with Gasteiger partial charge in [0.1, 0.15) is 11.5 Å². The van der Waals surface area contributed by atoms with Crippen LogP contribution in [0.3, 0.4) is 0 Å². The number of aliphatic imine (C=N–C) groups is 1. The quantitative estimate of drug-likeness (QED) is 0.568. The molecule has 2 aromatic rings. The molecule has 1 N–H and O–H groups in total. The average Bonchev–Trinajstić information content (AvgIpc) is 2.69. The number of benzene rings is 1. The molecule has 27 heavy (non-hydrogen) atoms. The van der Waals surface area contributed by atoms with E-state index in [0.717, 1.165) is 28.6 Å². The number of ether oxygens (including phenoxy) is 3. The van der Waals surface area contributed by atoms with Crippen molar-refractivity contribution in [1.82, 2.24) is 15.2 Å². The molecule has 0 bridgehead atoms. The summed E-state index contributed by atoms with van der Waals surface area (Å²) in [5.41, 5.74) is 2.12. The fourth-order valence-electron chi connectivity index (χ4n) is 2.67. The second-order valence-electron chi connectivity index (χ2n) is 5.87. The van der Waals surface area contributed by atoms with E-state index in [0.29, 0.717) is 25.6 Å². The molecule has 0 saturated carbocycles. The van der Waals surface area contributed by atoms with E-state index in [1.807, 2.05) is 49.2 Å². The van der Waals surface area contributed by atoms with Gasteiger partial charge in [-0.15, -0.1) is 0 Å². The number of guanidine groups is 1. The van der Waals surface area contributed by atoms with Crippen LogP contribution < -0.4 is 19.5 Å². The van der Waals surface area contributed by atoms with Gasteiger partial charge in [0.05, 0.1) is 20.8 Å². The van der Waals surface area contributed by atoms with Gasteiger partial charge in [0, 0.05) is 51.1 Å². The Balaban J connectivity index is 2.02. The predicted molar refractivity (Wildman–Crippen MR) is 107 cm³/mol. The predicted octanol–water partition coefficient (Wildman–Crippen LogP) is 2.70. The van der Waals surface area contributed by atoms with Crippen molar-refractivity contribution < 1.29 is 14.2 Å². The van der Waals surface area contributed by atoms with Gasteiger partial charge in [0.15, 0.2) is 5.96 Å². The summed E-state index contributed by atoms with van der Waals surface area (Å²) in [6.45, 7) is 3.81. The summed E-state index contributed by atoms with van der Waals surface area (Å²) in [6, 6.07) is 9.68. The number of hydrogen-bond acceptors (Lipinski definition) is 5. The van der Waals surface area contributed by atoms with E-state index in [1.54, 1.807) is 27.5 Å². The van der Waals surface area contributed by atoms with Crippen LogP contribution in [0, 0.1) is 0 Å². The topological polar surface area (TPSA) is 68.2 Å². The Morgan fingerprint density at radius 1 is 1.19 bits per heavy atom. The van der Waals surface area contributed by atoms with Crippen molar-refractivity contribution in [2.45, 2.75) is 20.0 Å². The molecule has 0 radical (unpaired) electrons. The lowest BCUT2D eigenvalue weighted by Gasteiger charge is -2.23. The maximum atomic E-state index is 5.48. The highest BCUT2D eigenvalue weighted by Crippen LogP contribution is 2.25. The molecular weight excluding hydrogens is 344 g/mol. The summed E-state index contributed by atoms with van der Waals surface area (Å²) in [4.78, 5) is 10.6. The summed E-state index contributed by atoms with van der Waals surface area (Å²) in [5, 5.41) is 3.36. The van der Waals surface area contributed by atoms with E-state index >= 15 is 0 Å². The molecule has 0 saturated heterocycles. The highest BCUT2D eigenvalue weighted by atomic mass is 16.5. The summed E-state index contributed by atoms with van der Waals surface area (Å²) in [5.74, 6) is 2.96. The van der Waals surface area contributed by atoms with Crippen molar-refractivity contribution >= 4 is 5.96 Å². The average molecular weight is 372 g/mol. The molecular formula is C20H28N4O3. The van der Waals surface area contributed by atoms with Gasteiger partial charge in [-0.3, -0.25) is 4.99 Å². The third-order valence-electron chi connectivity index (χ3n) is 4.02. The molecule has 1 aromatic heterocycles. The van der Waals surface area contributed by atoms with E-state index in [9.17, 15) is 0 Å². The zero-order valence-electron chi connectivity index (χ0n) is 16.7. The first-order valence-corrected chi connectivity index (χ1v) is 8.81. The summed E-state index contributed by atoms with van der Waals surface area (Å²) in [6.07, 6.45) is 1.75. The molecule has 0 spiro atoms.